The van der Waals surface area contributed by atoms with Crippen LogP contribution in [-0.2, 0) is 17.9 Å². The van der Waals surface area contributed by atoms with Crippen molar-refractivity contribution in [3.05, 3.63) is 65.5 Å². The van der Waals surface area contributed by atoms with Crippen molar-refractivity contribution in [1.29, 1.82) is 0 Å². The number of hydrogen-bond donors (Lipinski definition) is 0. The second kappa shape index (κ2) is 9.58. The number of ether oxygens (including phenoxy) is 1. The number of benzene rings is 2. The van der Waals surface area contributed by atoms with E-state index in [-0.39, 0.29) is 17.8 Å². The first-order valence-corrected chi connectivity index (χ1v) is 10.7. The first kappa shape index (κ1) is 20.8. The minimum absolute atomic E-state index is 0.115. The van der Waals surface area contributed by atoms with E-state index in [2.05, 4.69) is 21.9 Å². The van der Waals surface area contributed by atoms with Crippen LogP contribution < -0.4 is 4.74 Å². The van der Waals surface area contributed by atoms with Crippen molar-refractivity contribution in [2.45, 2.75) is 32.0 Å². The highest BCUT2D eigenvalue weighted by Crippen LogP contribution is 2.29. The Morgan fingerprint density at radius 1 is 1.03 bits per heavy atom. The molecule has 0 spiro atoms. The van der Waals surface area contributed by atoms with Crippen molar-refractivity contribution in [3.8, 4) is 5.75 Å². The van der Waals surface area contributed by atoms with Crippen molar-refractivity contribution < 1.29 is 13.9 Å². The SMILES string of the molecule is COc1ccc(CN2CCN(CC(=O)N(Cc3ccccc3F)C3CC3)CC2)cc1. The highest BCUT2D eigenvalue weighted by atomic mass is 19.1. The van der Waals surface area contributed by atoms with E-state index in [1.165, 1.54) is 11.6 Å². The zero-order chi connectivity index (χ0) is 20.9. The van der Waals surface area contributed by atoms with Crippen LogP contribution in [0.15, 0.2) is 48.5 Å². The second-order valence-electron chi connectivity index (χ2n) is 8.24. The van der Waals surface area contributed by atoms with Crippen LogP contribution in [-0.4, -0.2) is 66.5 Å². The molecule has 6 heteroatoms. The highest BCUT2D eigenvalue weighted by Gasteiger charge is 2.34. The van der Waals surface area contributed by atoms with Crippen LogP contribution in [0.5, 0.6) is 5.75 Å². The molecule has 0 radical (unpaired) electrons. The highest BCUT2D eigenvalue weighted by molar-refractivity contribution is 5.79. The number of carbonyl (C=O) groups is 1. The number of carbonyl (C=O) groups excluding carboxylic acids is 1. The van der Waals surface area contributed by atoms with Gasteiger partial charge in [0.15, 0.2) is 0 Å². The number of methoxy groups -OCH3 is 1. The first-order valence-electron chi connectivity index (χ1n) is 10.7. The Balaban J connectivity index is 1.27. The summed E-state index contributed by atoms with van der Waals surface area (Å²) in [7, 11) is 1.68. The van der Waals surface area contributed by atoms with Crippen LogP contribution in [0.1, 0.15) is 24.0 Å². The van der Waals surface area contributed by atoms with E-state index in [1.807, 2.05) is 23.1 Å². The average Bonchev–Trinajstić information content (AvgIpc) is 3.60. The van der Waals surface area contributed by atoms with E-state index >= 15 is 0 Å². The van der Waals surface area contributed by atoms with Gasteiger partial charge in [0, 0.05) is 50.9 Å². The lowest BCUT2D eigenvalue weighted by Crippen LogP contribution is -2.50. The fourth-order valence-electron chi connectivity index (χ4n) is 3.99. The molecule has 4 rings (SSSR count). The summed E-state index contributed by atoms with van der Waals surface area (Å²) in [6, 6.07) is 15.2. The molecule has 2 aromatic carbocycles. The Labute approximate surface area is 178 Å². The zero-order valence-electron chi connectivity index (χ0n) is 17.6. The van der Waals surface area contributed by atoms with E-state index in [0.29, 0.717) is 18.7 Å². The van der Waals surface area contributed by atoms with Crippen molar-refractivity contribution in [1.82, 2.24) is 14.7 Å². The van der Waals surface area contributed by atoms with Crippen LogP contribution in [0.2, 0.25) is 0 Å². The molecule has 0 N–H and O–H groups in total. The summed E-state index contributed by atoms with van der Waals surface area (Å²) in [4.78, 5) is 19.5. The molecule has 0 aromatic heterocycles. The van der Waals surface area contributed by atoms with Gasteiger partial charge in [0.2, 0.25) is 5.91 Å². The van der Waals surface area contributed by atoms with Crippen LogP contribution >= 0.6 is 0 Å². The summed E-state index contributed by atoms with van der Waals surface area (Å²) in [5.74, 6) is 0.755. The van der Waals surface area contributed by atoms with E-state index in [0.717, 1.165) is 51.3 Å². The number of amides is 1. The molecule has 1 heterocycles. The Morgan fingerprint density at radius 2 is 1.70 bits per heavy atom. The Bertz CT molecular complexity index is 846. The van der Waals surface area contributed by atoms with Crippen LogP contribution in [0.25, 0.3) is 0 Å². The molecule has 0 unspecified atom stereocenters. The zero-order valence-corrected chi connectivity index (χ0v) is 17.6. The van der Waals surface area contributed by atoms with Crippen molar-refractivity contribution >= 4 is 5.91 Å². The quantitative estimate of drug-likeness (QED) is 0.669. The summed E-state index contributed by atoms with van der Waals surface area (Å²) in [5, 5.41) is 0. The number of nitrogens with zero attached hydrogens (tertiary/aromatic N) is 3. The van der Waals surface area contributed by atoms with Gasteiger partial charge in [0.05, 0.1) is 13.7 Å². The lowest BCUT2D eigenvalue weighted by Gasteiger charge is -2.35. The molecule has 2 aliphatic rings. The van der Waals surface area contributed by atoms with Gasteiger partial charge in [-0.25, -0.2) is 4.39 Å². The number of piperazine rings is 1. The van der Waals surface area contributed by atoms with Gasteiger partial charge >= 0.3 is 0 Å². The Hall–Kier alpha value is -2.44. The molecule has 1 saturated heterocycles. The molecule has 0 bridgehead atoms. The van der Waals surface area contributed by atoms with Crippen LogP contribution in [0, 0.1) is 5.82 Å². The summed E-state index contributed by atoms with van der Waals surface area (Å²) in [6.45, 7) is 5.33. The first-order chi connectivity index (χ1) is 14.6. The maximum absolute atomic E-state index is 14.1. The van der Waals surface area contributed by atoms with Crippen molar-refractivity contribution in [2.24, 2.45) is 0 Å². The minimum atomic E-state index is -0.233. The predicted molar refractivity (Wildman–Crippen MR) is 115 cm³/mol. The predicted octanol–water partition coefficient (Wildman–Crippen LogP) is 3.14. The van der Waals surface area contributed by atoms with E-state index < -0.39 is 0 Å². The second-order valence-corrected chi connectivity index (χ2v) is 8.24. The maximum atomic E-state index is 14.1. The van der Waals surface area contributed by atoms with Gasteiger partial charge in [-0.1, -0.05) is 30.3 Å². The van der Waals surface area contributed by atoms with Crippen molar-refractivity contribution in [2.75, 3.05) is 39.8 Å². The topological polar surface area (TPSA) is 36.0 Å². The van der Waals surface area contributed by atoms with Gasteiger partial charge in [-0.05, 0) is 36.6 Å². The molecule has 2 fully saturated rings. The molecular weight excluding hydrogens is 381 g/mol. The van der Waals surface area contributed by atoms with Gasteiger partial charge in [-0.2, -0.15) is 0 Å². The molecule has 1 saturated carbocycles. The summed E-state index contributed by atoms with van der Waals surface area (Å²) in [6.07, 6.45) is 2.05. The third-order valence-corrected chi connectivity index (χ3v) is 6.00. The third-order valence-electron chi connectivity index (χ3n) is 6.00. The largest absolute Gasteiger partial charge is 0.497 e. The van der Waals surface area contributed by atoms with Gasteiger partial charge in [0.25, 0.3) is 0 Å². The molecule has 5 nitrogen and oxygen atoms in total. The summed E-state index contributed by atoms with van der Waals surface area (Å²) in [5.41, 5.74) is 1.87. The minimum Gasteiger partial charge on any atom is -0.497 e. The fraction of sp³-hybridized carbons (Fsp3) is 0.458. The van der Waals surface area contributed by atoms with Crippen LogP contribution in [0.4, 0.5) is 4.39 Å². The summed E-state index contributed by atoms with van der Waals surface area (Å²) < 4.78 is 19.3. The standard InChI is InChI=1S/C24H30FN3O2/c1-30-22-10-6-19(7-11-22)16-26-12-14-27(15-13-26)18-24(29)28(21-8-9-21)17-20-4-2-3-5-23(20)25/h2-7,10-11,21H,8-9,12-18H2,1H3. The lowest BCUT2D eigenvalue weighted by molar-refractivity contribution is -0.134. The fourth-order valence-corrected chi connectivity index (χ4v) is 3.99. The van der Waals surface area contributed by atoms with E-state index in [9.17, 15) is 9.18 Å². The molecule has 0 atom stereocenters. The van der Waals surface area contributed by atoms with Crippen LogP contribution in [0.3, 0.4) is 0 Å². The molecular formula is C24H30FN3O2. The Morgan fingerprint density at radius 3 is 2.33 bits per heavy atom. The lowest BCUT2D eigenvalue weighted by atomic mass is 10.2. The molecule has 1 aliphatic heterocycles. The third kappa shape index (κ3) is 5.37. The number of halogens is 1. The Kier molecular flexibility index (Phi) is 6.65. The molecule has 1 amide bonds. The summed E-state index contributed by atoms with van der Waals surface area (Å²) >= 11 is 0. The smallest absolute Gasteiger partial charge is 0.237 e. The van der Waals surface area contributed by atoms with Gasteiger partial charge in [-0.3, -0.25) is 14.6 Å². The monoisotopic (exact) mass is 411 g/mol. The maximum Gasteiger partial charge on any atom is 0.237 e. The van der Waals surface area contributed by atoms with E-state index in [1.54, 1.807) is 19.2 Å². The number of rotatable bonds is 8. The number of hydrogen-bond acceptors (Lipinski definition) is 4. The molecule has 2 aromatic rings. The average molecular weight is 412 g/mol. The molecule has 30 heavy (non-hydrogen) atoms. The normalized spacial score (nSPS) is 17.7. The van der Waals surface area contributed by atoms with Gasteiger partial charge in [-0.15, -0.1) is 0 Å². The van der Waals surface area contributed by atoms with E-state index in [4.69, 9.17) is 4.74 Å². The molecule has 1 aliphatic carbocycles. The van der Waals surface area contributed by atoms with Gasteiger partial charge in [0.1, 0.15) is 11.6 Å². The van der Waals surface area contributed by atoms with Crippen molar-refractivity contribution in [3.63, 3.8) is 0 Å². The van der Waals surface area contributed by atoms with Gasteiger partial charge < -0.3 is 9.64 Å². The molecule has 160 valence electrons.